The molecule has 1 aromatic carbocycles. The highest BCUT2D eigenvalue weighted by Crippen LogP contribution is 2.44. The number of piperidine rings is 3. The first-order valence-corrected chi connectivity index (χ1v) is 12.4. The summed E-state index contributed by atoms with van der Waals surface area (Å²) in [5.74, 6) is 0.182. The van der Waals surface area contributed by atoms with Gasteiger partial charge in [0.2, 0.25) is 10.0 Å². The first-order valence-electron chi connectivity index (χ1n) is 10.9. The second kappa shape index (κ2) is 9.11. The number of sulfonamides is 1. The molecule has 0 saturated carbocycles. The molecule has 0 bridgehead atoms. The normalized spacial score (nSPS) is 29.3. The quantitative estimate of drug-likeness (QED) is 0.513. The Labute approximate surface area is 184 Å². The summed E-state index contributed by atoms with van der Waals surface area (Å²) in [4.78, 5) is 14.4. The molecule has 4 rings (SSSR count). The van der Waals surface area contributed by atoms with Crippen LogP contribution in [0.2, 0.25) is 0 Å². The summed E-state index contributed by atoms with van der Waals surface area (Å²) < 4.78 is 33.8. The topological polar surface area (TPSA) is 90.7 Å². The minimum Gasteiger partial charge on any atom is -0.469 e. The number of nitrogens with zero attached hydrogens (tertiary/aromatic N) is 3. The van der Waals surface area contributed by atoms with E-state index in [4.69, 9.17) is 10.00 Å². The average Bonchev–Trinajstić information content (AvgIpc) is 2.80. The second-order valence-electron chi connectivity index (χ2n) is 8.64. The van der Waals surface area contributed by atoms with Crippen molar-refractivity contribution < 1.29 is 17.9 Å². The third kappa shape index (κ3) is 4.27. The lowest BCUT2D eigenvalue weighted by Crippen LogP contribution is -2.65. The first kappa shape index (κ1) is 22.0. The van der Waals surface area contributed by atoms with Crippen LogP contribution in [0.15, 0.2) is 41.3 Å². The number of methoxy groups -OCH3 is 1. The maximum absolute atomic E-state index is 13.7. The lowest BCUT2D eigenvalue weighted by Gasteiger charge is -2.56. The van der Waals surface area contributed by atoms with Gasteiger partial charge in [-0.25, -0.2) is 8.42 Å². The number of rotatable bonds is 5. The summed E-state index contributed by atoms with van der Waals surface area (Å²) in [7, 11) is -2.39. The number of nitriles is 1. The van der Waals surface area contributed by atoms with Crippen molar-refractivity contribution in [2.45, 2.75) is 49.1 Å². The van der Waals surface area contributed by atoms with Gasteiger partial charge in [-0.05, 0) is 74.9 Å². The number of carbonyl (C=O) groups is 1. The fourth-order valence-corrected chi connectivity index (χ4v) is 7.30. The molecule has 0 aromatic heterocycles. The van der Waals surface area contributed by atoms with E-state index in [1.54, 1.807) is 22.5 Å². The van der Waals surface area contributed by atoms with Gasteiger partial charge in [0, 0.05) is 18.6 Å². The molecule has 3 heterocycles. The van der Waals surface area contributed by atoms with E-state index >= 15 is 0 Å². The van der Waals surface area contributed by atoms with Crippen molar-refractivity contribution in [3.63, 3.8) is 0 Å². The summed E-state index contributed by atoms with van der Waals surface area (Å²) >= 11 is 0. The molecule has 3 fully saturated rings. The van der Waals surface area contributed by atoms with Gasteiger partial charge in [0.1, 0.15) is 0 Å². The molecule has 4 atom stereocenters. The van der Waals surface area contributed by atoms with E-state index in [0.717, 1.165) is 38.8 Å². The van der Waals surface area contributed by atoms with Gasteiger partial charge >= 0.3 is 5.97 Å². The van der Waals surface area contributed by atoms with Gasteiger partial charge < -0.3 is 4.74 Å². The Balaban J connectivity index is 1.70. The first-order chi connectivity index (χ1) is 15.0. The van der Waals surface area contributed by atoms with Crippen molar-refractivity contribution in [2.24, 2.45) is 11.8 Å². The van der Waals surface area contributed by atoms with Gasteiger partial charge in [0.05, 0.1) is 30.1 Å². The summed E-state index contributed by atoms with van der Waals surface area (Å²) in [5, 5.41) is 9.05. The molecule has 0 unspecified atom stereocenters. The van der Waals surface area contributed by atoms with Gasteiger partial charge in [0.25, 0.3) is 0 Å². The van der Waals surface area contributed by atoms with E-state index in [0.29, 0.717) is 24.1 Å². The molecule has 3 saturated heterocycles. The van der Waals surface area contributed by atoms with Gasteiger partial charge in [-0.15, -0.1) is 0 Å². The van der Waals surface area contributed by atoms with E-state index in [1.165, 1.54) is 19.2 Å². The van der Waals surface area contributed by atoms with Crippen molar-refractivity contribution in [2.75, 3.05) is 26.7 Å². The highest BCUT2D eigenvalue weighted by atomic mass is 32.2. The van der Waals surface area contributed by atoms with Gasteiger partial charge in [-0.3, -0.25) is 9.69 Å². The Morgan fingerprint density at radius 1 is 1.23 bits per heavy atom. The molecule has 7 nitrogen and oxygen atoms in total. The zero-order chi connectivity index (χ0) is 22.0. The highest BCUT2D eigenvalue weighted by molar-refractivity contribution is 7.89. The third-order valence-corrected chi connectivity index (χ3v) is 8.85. The molecule has 0 amide bonds. The number of benzene rings is 1. The van der Waals surface area contributed by atoms with Crippen LogP contribution in [0.25, 0.3) is 0 Å². The largest absolute Gasteiger partial charge is 0.469 e. The number of hydrogen-bond acceptors (Lipinski definition) is 6. The smallest absolute Gasteiger partial charge is 0.309 e. The van der Waals surface area contributed by atoms with Crippen LogP contribution in [0.5, 0.6) is 0 Å². The summed E-state index contributed by atoms with van der Waals surface area (Å²) in [5.41, 5.74) is 0.433. The Hall–Kier alpha value is -2.21. The zero-order valence-electron chi connectivity index (χ0n) is 17.8. The van der Waals surface area contributed by atoms with Crippen LogP contribution in [-0.4, -0.2) is 62.4 Å². The van der Waals surface area contributed by atoms with Crippen LogP contribution in [-0.2, 0) is 19.6 Å². The van der Waals surface area contributed by atoms with Crippen molar-refractivity contribution in [1.29, 1.82) is 5.26 Å². The van der Waals surface area contributed by atoms with Crippen LogP contribution in [0.1, 0.15) is 37.7 Å². The SMILES string of the molecule is COC(=O)C/C=C\[C@@H]1[C@H]2CCCN3CCC[C@@H](CN1S(=O)(=O)c1ccc(C#N)cc1)[C@@H]23. The van der Waals surface area contributed by atoms with Crippen LogP contribution in [0.3, 0.4) is 0 Å². The molecule has 1 aromatic rings. The maximum atomic E-state index is 13.7. The van der Waals surface area contributed by atoms with Gasteiger partial charge in [-0.2, -0.15) is 9.57 Å². The predicted molar refractivity (Wildman–Crippen MR) is 115 cm³/mol. The van der Waals surface area contributed by atoms with E-state index in [9.17, 15) is 13.2 Å². The molecular formula is C23H29N3O4S. The zero-order valence-corrected chi connectivity index (χ0v) is 18.6. The van der Waals surface area contributed by atoms with E-state index < -0.39 is 10.0 Å². The molecular weight excluding hydrogens is 414 g/mol. The minimum atomic E-state index is -3.74. The van der Waals surface area contributed by atoms with Crippen LogP contribution >= 0.6 is 0 Å². The summed E-state index contributed by atoms with van der Waals surface area (Å²) in [6.45, 7) is 2.64. The van der Waals surface area contributed by atoms with Crippen molar-refractivity contribution in [3.8, 4) is 6.07 Å². The number of ether oxygens (including phenoxy) is 1. The lowest BCUT2D eigenvalue weighted by atomic mass is 9.70. The van der Waals surface area contributed by atoms with E-state index in [2.05, 4.69) is 4.90 Å². The standard InChI is InChI=1S/C23H29N3O4S/c1-30-22(27)8-2-7-21-20-6-4-14-25-13-3-5-18(23(20)25)16-26(21)31(28,29)19-11-9-17(15-24)10-12-19/h2,7,9-12,18,20-21,23H,3-6,8,13-14,16H2,1H3/b7-2-/t18-,20+,21+,23-/m0/s1. The Bertz CT molecular complexity index is 981. The molecule has 166 valence electrons. The Morgan fingerprint density at radius 3 is 2.61 bits per heavy atom. The van der Waals surface area contributed by atoms with Crippen LogP contribution < -0.4 is 0 Å². The predicted octanol–water partition coefficient (Wildman–Crippen LogP) is 2.54. The van der Waals surface area contributed by atoms with Crippen LogP contribution in [0.4, 0.5) is 0 Å². The molecule has 31 heavy (non-hydrogen) atoms. The van der Waals surface area contributed by atoms with Gasteiger partial charge in [-0.1, -0.05) is 12.2 Å². The fraction of sp³-hybridized carbons (Fsp3) is 0.565. The van der Waals surface area contributed by atoms with Crippen LogP contribution in [0, 0.1) is 23.2 Å². The maximum Gasteiger partial charge on any atom is 0.309 e. The summed E-state index contributed by atoms with van der Waals surface area (Å²) in [6.07, 6.45) is 7.95. The summed E-state index contributed by atoms with van der Waals surface area (Å²) in [6, 6.07) is 8.25. The van der Waals surface area contributed by atoms with Gasteiger partial charge in [0.15, 0.2) is 0 Å². The highest BCUT2D eigenvalue weighted by Gasteiger charge is 2.50. The number of esters is 1. The fourth-order valence-electron chi connectivity index (χ4n) is 5.62. The monoisotopic (exact) mass is 443 g/mol. The lowest BCUT2D eigenvalue weighted by molar-refractivity contribution is -0.139. The van der Waals surface area contributed by atoms with E-state index in [-0.39, 0.29) is 29.2 Å². The second-order valence-corrected chi connectivity index (χ2v) is 10.5. The third-order valence-electron chi connectivity index (χ3n) is 6.97. The molecule has 3 aliphatic heterocycles. The van der Waals surface area contributed by atoms with Crippen molar-refractivity contribution in [3.05, 3.63) is 42.0 Å². The number of carbonyl (C=O) groups excluding carboxylic acids is 1. The molecule has 3 aliphatic rings. The van der Waals surface area contributed by atoms with Crippen molar-refractivity contribution >= 4 is 16.0 Å². The average molecular weight is 444 g/mol. The minimum absolute atomic E-state index is 0.127. The molecule has 0 N–H and O–H groups in total. The molecule has 0 aliphatic carbocycles. The Kier molecular flexibility index (Phi) is 6.47. The molecule has 0 radical (unpaired) electrons. The van der Waals surface area contributed by atoms with Crippen molar-refractivity contribution in [1.82, 2.24) is 9.21 Å². The number of hydrogen-bond donors (Lipinski definition) is 0. The van der Waals surface area contributed by atoms with E-state index in [1.807, 2.05) is 12.1 Å². The Morgan fingerprint density at radius 2 is 1.94 bits per heavy atom. The molecule has 0 spiro atoms. The molecule has 8 heteroatoms.